The standard InChI is InChI=1S/C15H24N2O/c1-12(18)9-11-17-10-5-7-14(16-2)13-6-3-4-8-15(13)17/h3-4,6,8,12,14,16,18H,5,7,9-11H2,1-2H3. The highest BCUT2D eigenvalue weighted by Gasteiger charge is 2.21. The number of aliphatic hydroxyl groups is 1. The molecule has 0 saturated carbocycles. The number of rotatable bonds is 4. The molecule has 100 valence electrons. The molecule has 3 nitrogen and oxygen atoms in total. The number of nitrogens with zero attached hydrogens (tertiary/aromatic N) is 1. The van der Waals surface area contributed by atoms with Crippen molar-refractivity contribution in [2.45, 2.75) is 38.3 Å². The molecule has 1 aliphatic heterocycles. The summed E-state index contributed by atoms with van der Waals surface area (Å²) in [7, 11) is 2.03. The zero-order valence-corrected chi connectivity index (χ0v) is 11.4. The second-order valence-electron chi connectivity index (χ2n) is 5.17. The second kappa shape index (κ2) is 6.21. The molecule has 2 N–H and O–H groups in total. The Hall–Kier alpha value is -1.06. The highest BCUT2D eigenvalue weighted by atomic mass is 16.3. The Bertz CT molecular complexity index is 379. The van der Waals surface area contributed by atoms with Crippen molar-refractivity contribution in [2.75, 3.05) is 25.0 Å². The quantitative estimate of drug-likeness (QED) is 0.858. The number of hydrogen-bond acceptors (Lipinski definition) is 3. The summed E-state index contributed by atoms with van der Waals surface area (Å²) < 4.78 is 0. The van der Waals surface area contributed by atoms with Gasteiger partial charge in [0.15, 0.2) is 0 Å². The monoisotopic (exact) mass is 248 g/mol. The predicted molar refractivity (Wildman–Crippen MR) is 76.0 cm³/mol. The van der Waals surface area contributed by atoms with Gasteiger partial charge < -0.3 is 15.3 Å². The SMILES string of the molecule is CNC1CCCN(CCC(C)O)c2ccccc21. The Morgan fingerprint density at radius 1 is 1.44 bits per heavy atom. The van der Waals surface area contributed by atoms with E-state index in [1.165, 1.54) is 24.1 Å². The Morgan fingerprint density at radius 3 is 2.94 bits per heavy atom. The van der Waals surface area contributed by atoms with Gasteiger partial charge in [-0.15, -0.1) is 0 Å². The average Bonchev–Trinajstić information content (AvgIpc) is 2.55. The van der Waals surface area contributed by atoms with Gasteiger partial charge in [-0.3, -0.25) is 0 Å². The molecule has 0 aromatic heterocycles. The minimum absolute atomic E-state index is 0.222. The van der Waals surface area contributed by atoms with Crippen LogP contribution in [0.3, 0.4) is 0 Å². The topological polar surface area (TPSA) is 35.5 Å². The molecule has 1 aromatic carbocycles. The first-order valence-corrected chi connectivity index (χ1v) is 6.91. The second-order valence-corrected chi connectivity index (χ2v) is 5.17. The molecule has 2 unspecified atom stereocenters. The lowest BCUT2D eigenvalue weighted by atomic mass is 10.0. The first-order valence-electron chi connectivity index (χ1n) is 6.91. The highest BCUT2D eigenvalue weighted by molar-refractivity contribution is 5.55. The molecule has 3 heteroatoms. The molecule has 2 rings (SSSR count). The molecule has 0 aliphatic carbocycles. The minimum atomic E-state index is -0.222. The molecule has 0 radical (unpaired) electrons. The van der Waals surface area contributed by atoms with Gasteiger partial charge in [-0.1, -0.05) is 18.2 Å². The van der Waals surface area contributed by atoms with Crippen molar-refractivity contribution in [3.63, 3.8) is 0 Å². The molecule has 18 heavy (non-hydrogen) atoms. The fraction of sp³-hybridized carbons (Fsp3) is 0.600. The first kappa shape index (κ1) is 13.4. The van der Waals surface area contributed by atoms with Gasteiger partial charge in [-0.25, -0.2) is 0 Å². The van der Waals surface area contributed by atoms with Crippen molar-refractivity contribution in [1.29, 1.82) is 0 Å². The van der Waals surface area contributed by atoms with Crippen LogP contribution in [0.25, 0.3) is 0 Å². The van der Waals surface area contributed by atoms with E-state index in [-0.39, 0.29) is 6.10 Å². The number of aliphatic hydroxyl groups excluding tert-OH is 1. The van der Waals surface area contributed by atoms with Crippen LogP contribution < -0.4 is 10.2 Å². The van der Waals surface area contributed by atoms with Gasteiger partial charge >= 0.3 is 0 Å². The van der Waals surface area contributed by atoms with E-state index < -0.39 is 0 Å². The zero-order chi connectivity index (χ0) is 13.0. The van der Waals surface area contributed by atoms with Crippen LogP contribution in [0, 0.1) is 0 Å². The number of hydrogen-bond donors (Lipinski definition) is 2. The minimum Gasteiger partial charge on any atom is -0.393 e. The fourth-order valence-corrected chi connectivity index (χ4v) is 2.71. The van der Waals surface area contributed by atoms with E-state index >= 15 is 0 Å². The van der Waals surface area contributed by atoms with E-state index in [2.05, 4.69) is 34.5 Å². The van der Waals surface area contributed by atoms with Crippen LogP contribution >= 0.6 is 0 Å². The molecule has 2 atom stereocenters. The third-order valence-corrected chi connectivity index (χ3v) is 3.74. The molecular formula is C15H24N2O. The van der Waals surface area contributed by atoms with Gasteiger partial charge in [0.05, 0.1) is 6.10 Å². The third-order valence-electron chi connectivity index (χ3n) is 3.74. The molecule has 1 aromatic rings. The zero-order valence-electron chi connectivity index (χ0n) is 11.4. The molecule has 0 saturated heterocycles. The van der Waals surface area contributed by atoms with Crippen molar-refractivity contribution in [3.8, 4) is 0 Å². The van der Waals surface area contributed by atoms with Crippen LogP contribution in [0.4, 0.5) is 5.69 Å². The first-order chi connectivity index (χ1) is 8.72. The van der Waals surface area contributed by atoms with Gasteiger partial charge in [0.2, 0.25) is 0 Å². The van der Waals surface area contributed by atoms with E-state index in [0.29, 0.717) is 6.04 Å². The average molecular weight is 248 g/mol. The Balaban J connectivity index is 2.21. The lowest BCUT2D eigenvalue weighted by Gasteiger charge is -2.26. The van der Waals surface area contributed by atoms with Crippen molar-refractivity contribution >= 4 is 5.69 Å². The van der Waals surface area contributed by atoms with Gasteiger partial charge in [-0.2, -0.15) is 0 Å². The summed E-state index contributed by atoms with van der Waals surface area (Å²) in [5, 5.41) is 12.9. The number of benzene rings is 1. The van der Waals surface area contributed by atoms with E-state index in [9.17, 15) is 5.11 Å². The van der Waals surface area contributed by atoms with E-state index in [0.717, 1.165) is 19.5 Å². The largest absolute Gasteiger partial charge is 0.393 e. The van der Waals surface area contributed by atoms with E-state index in [1.54, 1.807) is 0 Å². The molecule has 0 spiro atoms. The van der Waals surface area contributed by atoms with Gasteiger partial charge in [0.1, 0.15) is 0 Å². The maximum Gasteiger partial charge on any atom is 0.0528 e. The smallest absolute Gasteiger partial charge is 0.0528 e. The normalized spacial score (nSPS) is 21.3. The summed E-state index contributed by atoms with van der Waals surface area (Å²) in [6, 6.07) is 9.09. The van der Waals surface area contributed by atoms with Crippen molar-refractivity contribution in [2.24, 2.45) is 0 Å². The van der Waals surface area contributed by atoms with Gasteiger partial charge in [0, 0.05) is 24.8 Å². The van der Waals surface area contributed by atoms with Crippen LogP contribution in [-0.4, -0.2) is 31.3 Å². The van der Waals surface area contributed by atoms with Crippen molar-refractivity contribution in [3.05, 3.63) is 29.8 Å². The summed E-state index contributed by atoms with van der Waals surface area (Å²) >= 11 is 0. The lowest BCUT2D eigenvalue weighted by molar-refractivity contribution is 0.186. The summed E-state index contributed by atoms with van der Waals surface area (Å²) in [4.78, 5) is 2.42. The maximum atomic E-state index is 9.46. The van der Waals surface area contributed by atoms with Crippen LogP contribution in [-0.2, 0) is 0 Å². The van der Waals surface area contributed by atoms with Crippen LogP contribution in [0.5, 0.6) is 0 Å². The van der Waals surface area contributed by atoms with Gasteiger partial charge in [0.25, 0.3) is 0 Å². The summed E-state index contributed by atoms with van der Waals surface area (Å²) in [5.74, 6) is 0. The van der Waals surface area contributed by atoms with Crippen LogP contribution in [0.1, 0.15) is 37.8 Å². The molecule has 0 bridgehead atoms. The number of nitrogens with one attached hydrogen (secondary N) is 1. The van der Waals surface area contributed by atoms with Crippen molar-refractivity contribution in [1.82, 2.24) is 5.32 Å². The van der Waals surface area contributed by atoms with Crippen LogP contribution in [0.2, 0.25) is 0 Å². The lowest BCUT2D eigenvalue weighted by Crippen LogP contribution is -2.27. The maximum absolute atomic E-state index is 9.46. The number of anilines is 1. The molecule has 1 aliphatic rings. The Labute approximate surface area is 110 Å². The number of fused-ring (bicyclic) bond motifs is 1. The fourth-order valence-electron chi connectivity index (χ4n) is 2.71. The summed E-state index contributed by atoms with van der Waals surface area (Å²) in [5.41, 5.74) is 2.72. The van der Waals surface area contributed by atoms with Gasteiger partial charge in [-0.05, 0) is 44.9 Å². The molecule has 1 heterocycles. The third kappa shape index (κ3) is 3.03. The Kier molecular flexibility index (Phi) is 4.61. The van der Waals surface area contributed by atoms with E-state index in [1.807, 2.05) is 14.0 Å². The number of para-hydroxylation sites is 1. The molecule has 0 amide bonds. The molecule has 0 fully saturated rings. The Morgan fingerprint density at radius 2 is 2.22 bits per heavy atom. The molecular weight excluding hydrogens is 224 g/mol. The van der Waals surface area contributed by atoms with E-state index in [4.69, 9.17) is 0 Å². The predicted octanol–water partition coefficient (Wildman–Crippen LogP) is 2.32. The van der Waals surface area contributed by atoms with Crippen LogP contribution in [0.15, 0.2) is 24.3 Å². The highest BCUT2D eigenvalue weighted by Crippen LogP contribution is 2.32. The summed E-state index contributed by atoms with van der Waals surface area (Å²) in [6.07, 6.45) is 2.98. The summed E-state index contributed by atoms with van der Waals surface area (Å²) in [6.45, 7) is 3.88. The van der Waals surface area contributed by atoms with Crippen molar-refractivity contribution < 1.29 is 5.11 Å².